The van der Waals surface area contributed by atoms with E-state index in [1.807, 2.05) is 6.07 Å². The first-order valence-corrected chi connectivity index (χ1v) is 10.1. The van der Waals surface area contributed by atoms with Crippen molar-refractivity contribution < 1.29 is 9.90 Å². The molecule has 0 aliphatic heterocycles. The van der Waals surface area contributed by atoms with Crippen molar-refractivity contribution in [2.75, 3.05) is 0 Å². The summed E-state index contributed by atoms with van der Waals surface area (Å²) in [7, 11) is 0. The van der Waals surface area contributed by atoms with Gasteiger partial charge in [0.25, 0.3) is 0 Å². The van der Waals surface area contributed by atoms with Crippen molar-refractivity contribution in [3.05, 3.63) is 35.5 Å². The summed E-state index contributed by atoms with van der Waals surface area (Å²) >= 11 is 0. The van der Waals surface area contributed by atoms with E-state index in [0.29, 0.717) is 5.56 Å². The van der Waals surface area contributed by atoms with Crippen molar-refractivity contribution in [1.82, 2.24) is 4.98 Å². The van der Waals surface area contributed by atoms with Gasteiger partial charge in [0.2, 0.25) is 0 Å². The molecule has 0 aliphatic rings. The number of carbonyl (C=O) groups is 1. The zero-order valence-electron chi connectivity index (χ0n) is 15.7. The smallest absolute Gasteiger partial charge is 0.335 e. The van der Waals surface area contributed by atoms with Gasteiger partial charge < -0.3 is 10.1 Å². The number of carboxylic acid groups (broad SMARTS) is 1. The van der Waals surface area contributed by atoms with E-state index in [0.717, 1.165) is 17.3 Å². The van der Waals surface area contributed by atoms with Crippen molar-refractivity contribution in [1.29, 1.82) is 0 Å². The molecule has 3 nitrogen and oxygen atoms in total. The first kappa shape index (κ1) is 19.6. The topological polar surface area (TPSA) is 53.1 Å². The average molecular weight is 344 g/mol. The lowest BCUT2D eigenvalue weighted by molar-refractivity contribution is 0.0697. The molecule has 0 aliphatic carbocycles. The molecule has 138 valence electrons. The van der Waals surface area contributed by atoms with E-state index in [9.17, 15) is 4.79 Å². The number of H-pyrrole nitrogens is 1. The molecule has 0 saturated heterocycles. The second-order valence-corrected chi connectivity index (χ2v) is 7.19. The standard InChI is InChI=1S/C22H33NO2/c1-2-3-4-5-6-7-8-9-10-11-12-13-20-17-19-16-18(22(24)25)14-15-21(19)23-20/h14-17,23H,2-13H2,1H3,(H,24,25). The van der Waals surface area contributed by atoms with Crippen LogP contribution in [0.15, 0.2) is 24.3 Å². The highest BCUT2D eigenvalue weighted by Crippen LogP contribution is 2.19. The number of rotatable bonds is 13. The monoisotopic (exact) mass is 343 g/mol. The van der Waals surface area contributed by atoms with Crippen LogP contribution in [0, 0.1) is 0 Å². The zero-order chi connectivity index (χ0) is 17.9. The van der Waals surface area contributed by atoms with Gasteiger partial charge in [-0.05, 0) is 37.1 Å². The fourth-order valence-corrected chi connectivity index (χ4v) is 3.44. The highest BCUT2D eigenvalue weighted by atomic mass is 16.4. The second kappa shape index (κ2) is 11.0. The number of benzene rings is 1. The predicted octanol–water partition coefficient (Wildman–Crippen LogP) is 6.72. The maximum absolute atomic E-state index is 11.0. The summed E-state index contributed by atoms with van der Waals surface area (Å²) in [6.45, 7) is 2.27. The molecular formula is C22H33NO2. The number of aromatic nitrogens is 1. The molecule has 3 heteroatoms. The zero-order valence-corrected chi connectivity index (χ0v) is 15.7. The molecule has 2 aromatic rings. The van der Waals surface area contributed by atoms with Gasteiger partial charge >= 0.3 is 5.97 Å². The normalized spacial score (nSPS) is 11.2. The van der Waals surface area contributed by atoms with Crippen molar-refractivity contribution >= 4 is 16.9 Å². The Bertz CT molecular complexity index is 645. The van der Waals surface area contributed by atoms with Gasteiger partial charge in [0, 0.05) is 16.6 Å². The van der Waals surface area contributed by atoms with E-state index in [4.69, 9.17) is 5.11 Å². The SMILES string of the molecule is CCCCCCCCCCCCCc1cc2cc(C(=O)O)ccc2[nH]1. The number of unbranched alkanes of at least 4 members (excludes halogenated alkanes) is 10. The number of hydrogen-bond acceptors (Lipinski definition) is 1. The third kappa shape index (κ3) is 6.93. The summed E-state index contributed by atoms with van der Waals surface area (Å²) in [5.41, 5.74) is 2.60. The van der Waals surface area contributed by atoms with Crippen LogP contribution in [0.3, 0.4) is 0 Å². The number of nitrogens with one attached hydrogen (secondary N) is 1. The van der Waals surface area contributed by atoms with Crippen LogP contribution in [0.2, 0.25) is 0 Å². The lowest BCUT2D eigenvalue weighted by atomic mass is 10.0. The van der Waals surface area contributed by atoms with Gasteiger partial charge in [-0.25, -0.2) is 4.79 Å². The molecule has 0 unspecified atom stereocenters. The lowest BCUT2D eigenvalue weighted by Crippen LogP contribution is -1.94. The maximum Gasteiger partial charge on any atom is 0.335 e. The summed E-state index contributed by atoms with van der Waals surface area (Å²) in [4.78, 5) is 14.4. The molecule has 0 bridgehead atoms. The number of aromatic amines is 1. The lowest BCUT2D eigenvalue weighted by Gasteiger charge is -2.02. The summed E-state index contributed by atoms with van der Waals surface area (Å²) in [5.74, 6) is -0.866. The molecule has 1 aromatic carbocycles. The van der Waals surface area contributed by atoms with Crippen LogP contribution in [0.25, 0.3) is 10.9 Å². The van der Waals surface area contributed by atoms with Crippen molar-refractivity contribution in [3.63, 3.8) is 0 Å². The van der Waals surface area contributed by atoms with Gasteiger partial charge in [0.15, 0.2) is 0 Å². The Morgan fingerprint density at radius 2 is 1.48 bits per heavy atom. The van der Waals surface area contributed by atoms with Gasteiger partial charge in [-0.3, -0.25) is 0 Å². The van der Waals surface area contributed by atoms with Gasteiger partial charge in [0.1, 0.15) is 0 Å². The molecule has 0 radical (unpaired) electrons. The summed E-state index contributed by atoms with van der Waals surface area (Å²) in [6.07, 6.45) is 16.0. The van der Waals surface area contributed by atoms with Gasteiger partial charge in [0.05, 0.1) is 5.56 Å². The van der Waals surface area contributed by atoms with Crippen molar-refractivity contribution in [2.24, 2.45) is 0 Å². The van der Waals surface area contributed by atoms with Crippen LogP contribution in [-0.4, -0.2) is 16.1 Å². The Morgan fingerprint density at radius 3 is 2.08 bits per heavy atom. The van der Waals surface area contributed by atoms with Crippen LogP contribution in [0.1, 0.15) is 93.6 Å². The fourth-order valence-electron chi connectivity index (χ4n) is 3.44. The van der Waals surface area contributed by atoms with E-state index in [-0.39, 0.29) is 0 Å². The van der Waals surface area contributed by atoms with Gasteiger partial charge in [-0.15, -0.1) is 0 Å². The summed E-state index contributed by atoms with van der Waals surface area (Å²) in [5, 5.41) is 10.1. The van der Waals surface area contributed by atoms with Crippen LogP contribution in [0.5, 0.6) is 0 Å². The number of aryl methyl sites for hydroxylation is 1. The molecular weight excluding hydrogens is 310 g/mol. The van der Waals surface area contributed by atoms with Crippen LogP contribution < -0.4 is 0 Å². The van der Waals surface area contributed by atoms with Gasteiger partial charge in [-0.2, -0.15) is 0 Å². The minimum absolute atomic E-state index is 0.354. The van der Waals surface area contributed by atoms with E-state index >= 15 is 0 Å². The van der Waals surface area contributed by atoms with Crippen molar-refractivity contribution in [3.8, 4) is 0 Å². The van der Waals surface area contributed by atoms with E-state index < -0.39 is 5.97 Å². The summed E-state index contributed by atoms with van der Waals surface area (Å²) in [6, 6.07) is 7.37. The van der Waals surface area contributed by atoms with E-state index in [1.54, 1.807) is 12.1 Å². The van der Waals surface area contributed by atoms with E-state index in [1.165, 1.54) is 76.3 Å². The van der Waals surface area contributed by atoms with Gasteiger partial charge in [-0.1, -0.05) is 71.1 Å². The maximum atomic E-state index is 11.0. The number of carboxylic acids is 1. The first-order valence-electron chi connectivity index (χ1n) is 10.1. The molecule has 25 heavy (non-hydrogen) atoms. The minimum atomic E-state index is -0.866. The molecule has 2 N–H and O–H groups in total. The molecule has 0 amide bonds. The molecule has 0 atom stereocenters. The second-order valence-electron chi connectivity index (χ2n) is 7.19. The Morgan fingerprint density at radius 1 is 0.880 bits per heavy atom. The molecule has 0 saturated carbocycles. The fraction of sp³-hybridized carbons (Fsp3) is 0.591. The number of aromatic carboxylic acids is 1. The first-order chi connectivity index (χ1) is 12.2. The quantitative estimate of drug-likeness (QED) is 0.397. The van der Waals surface area contributed by atoms with Crippen LogP contribution in [-0.2, 0) is 6.42 Å². The highest BCUT2D eigenvalue weighted by Gasteiger charge is 2.06. The number of fused-ring (bicyclic) bond motifs is 1. The molecule has 1 aromatic heterocycles. The average Bonchev–Trinajstić information content (AvgIpc) is 3.01. The Hall–Kier alpha value is -1.77. The third-order valence-electron chi connectivity index (χ3n) is 4.97. The molecule has 2 rings (SSSR count). The van der Waals surface area contributed by atoms with E-state index in [2.05, 4.69) is 18.0 Å². The Labute approximate surface area is 151 Å². The molecule has 0 fully saturated rings. The predicted molar refractivity (Wildman–Crippen MR) is 105 cm³/mol. The van der Waals surface area contributed by atoms with Crippen molar-refractivity contribution in [2.45, 2.75) is 84.0 Å². The Balaban J connectivity index is 1.58. The van der Waals surface area contributed by atoms with Crippen LogP contribution >= 0.6 is 0 Å². The minimum Gasteiger partial charge on any atom is -0.478 e. The van der Waals surface area contributed by atoms with Crippen LogP contribution in [0.4, 0.5) is 0 Å². The number of hydrogen-bond donors (Lipinski definition) is 2. The summed E-state index contributed by atoms with van der Waals surface area (Å²) < 4.78 is 0. The largest absolute Gasteiger partial charge is 0.478 e. The third-order valence-corrected chi connectivity index (χ3v) is 4.97. The Kier molecular flexibility index (Phi) is 8.58. The highest BCUT2D eigenvalue weighted by molar-refractivity contribution is 5.93. The molecule has 1 heterocycles. The molecule has 0 spiro atoms.